The van der Waals surface area contributed by atoms with Crippen molar-refractivity contribution in [1.29, 1.82) is 0 Å². The lowest BCUT2D eigenvalue weighted by Gasteiger charge is -2.17. The minimum atomic E-state index is 0.00374. The van der Waals surface area contributed by atoms with E-state index in [0.29, 0.717) is 5.92 Å². The van der Waals surface area contributed by atoms with Gasteiger partial charge >= 0.3 is 0 Å². The number of ether oxygens (including phenoxy) is 1. The highest BCUT2D eigenvalue weighted by Crippen LogP contribution is 2.32. The van der Waals surface area contributed by atoms with Crippen molar-refractivity contribution in [3.8, 4) is 0 Å². The molecule has 0 saturated carbocycles. The van der Waals surface area contributed by atoms with Crippen molar-refractivity contribution in [2.45, 2.75) is 58.7 Å². The molecule has 0 aliphatic carbocycles. The first-order valence-corrected chi connectivity index (χ1v) is 7.21. The number of unbranched alkanes of at least 4 members (excludes halogenated alkanes) is 3. The molecule has 0 radical (unpaired) electrons. The zero-order valence-corrected chi connectivity index (χ0v) is 11.9. The predicted molar refractivity (Wildman–Crippen MR) is 73.2 cm³/mol. The van der Waals surface area contributed by atoms with Crippen molar-refractivity contribution in [2.24, 2.45) is 17.6 Å². The molecule has 0 aromatic rings. The summed E-state index contributed by atoms with van der Waals surface area (Å²) in [5.74, 6) is 0.458. The van der Waals surface area contributed by atoms with Gasteiger partial charge in [-0.05, 0) is 39.2 Å². The van der Waals surface area contributed by atoms with Gasteiger partial charge in [0, 0.05) is 6.54 Å². The average molecular weight is 256 g/mol. The third-order valence-corrected chi connectivity index (χ3v) is 3.97. The van der Waals surface area contributed by atoms with Gasteiger partial charge in [0.1, 0.15) is 0 Å². The Balaban J connectivity index is 2.20. The van der Waals surface area contributed by atoms with E-state index >= 15 is 0 Å². The highest BCUT2D eigenvalue weighted by molar-refractivity contribution is 5.79. The molecule has 1 saturated heterocycles. The van der Waals surface area contributed by atoms with E-state index in [-0.39, 0.29) is 24.0 Å². The smallest absolute Gasteiger partial charge is 0.226 e. The van der Waals surface area contributed by atoms with E-state index in [1.807, 2.05) is 13.8 Å². The van der Waals surface area contributed by atoms with Crippen LogP contribution in [-0.4, -0.2) is 31.2 Å². The summed E-state index contributed by atoms with van der Waals surface area (Å²) in [6.07, 6.45) is 4.63. The molecule has 4 unspecified atom stereocenters. The van der Waals surface area contributed by atoms with E-state index in [4.69, 9.17) is 10.5 Å². The number of hydrogen-bond donors (Lipinski definition) is 2. The van der Waals surface area contributed by atoms with Gasteiger partial charge in [-0.1, -0.05) is 19.8 Å². The largest absolute Gasteiger partial charge is 0.374 e. The zero-order valence-electron chi connectivity index (χ0n) is 11.9. The van der Waals surface area contributed by atoms with E-state index < -0.39 is 0 Å². The first-order chi connectivity index (χ1) is 8.57. The van der Waals surface area contributed by atoms with E-state index in [1.54, 1.807) is 0 Å². The lowest BCUT2D eigenvalue weighted by Crippen LogP contribution is -2.37. The van der Waals surface area contributed by atoms with Crippen LogP contribution in [0.2, 0.25) is 0 Å². The summed E-state index contributed by atoms with van der Waals surface area (Å²) in [5, 5.41) is 3.03. The molecule has 0 bridgehead atoms. The third-order valence-electron chi connectivity index (χ3n) is 3.97. The van der Waals surface area contributed by atoms with Crippen LogP contribution in [0.1, 0.15) is 46.5 Å². The minimum Gasteiger partial charge on any atom is -0.374 e. The number of hydrogen-bond acceptors (Lipinski definition) is 3. The van der Waals surface area contributed by atoms with Gasteiger partial charge in [0.15, 0.2) is 0 Å². The highest BCUT2D eigenvalue weighted by atomic mass is 16.5. The molecule has 4 heteroatoms. The van der Waals surface area contributed by atoms with Crippen molar-refractivity contribution < 1.29 is 9.53 Å². The first kappa shape index (κ1) is 15.4. The topological polar surface area (TPSA) is 64.3 Å². The Morgan fingerprint density at radius 2 is 1.78 bits per heavy atom. The fourth-order valence-corrected chi connectivity index (χ4v) is 2.67. The summed E-state index contributed by atoms with van der Waals surface area (Å²) in [6.45, 7) is 7.67. The van der Waals surface area contributed by atoms with Gasteiger partial charge in [0.05, 0.1) is 18.1 Å². The molecule has 0 aromatic carbocycles. The Bertz CT molecular complexity index is 258. The first-order valence-electron chi connectivity index (χ1n) is 7.21. The molecule has 4 atom stereocenters. The lowest BCUT2D eigenvalue weighted by molar-refractivity contribution is -0.127. The second kappa shape index (κ2) is 7.74. The number of nitrogens with one attached hydrogen (secondary N) is 1. The van der Waals surface area contributed by atoms with Gasteiger partial charge in [-0.2, -0.15) is 0 Å². The summed E-state index contributed by atoms with van der Waals surface area (Å²) in [4.78, 5) is 12.1. The molecular formula is C14H28N2O2. The van der Waals surface area contributed by atoms with Crippen LogP contribution in [0.15, 0.2) is 0 Å². The molecule has 1 fully saturated rings. The van der Waals surface area contributed by atoms with Crippen LogP contribution < -0.4 is 11.1 Å². The summed E-state index contributed by atoms with van der Waals surface area (Å²) in [6, 6.07) is 0. The van der Waals surface area contributed by atoms with Crippen molar-refractivity contribution in [2.75, 3.05) is 13.1 Å². The number of amides is 1. The van der Waals surface area contributed by atoms with Gasteiger partial charge in [-0.15, -0.1) is 0 Å². The molecule has 0 aromatic heterocycles. The number of rotatable bonds is 7. The number of carbonyl (C=O) groups is 1. The van der Waals surface area contributed by atoms with Crippen LogP contribution in [0.3, 0.4) is 0 Å². The Morgan fingerprint density at radius 1 is 1.11 bits per heavy atom. The lowest BCUT2D eigenvalue weighted by atomic mass is 9.89. The van der Waals surface area contributed by atoms with E-state index in [0.717, 1.165) is 38.8 Å². The molecule has 1 aliphatic heterocycles. The van der Waals surface area contributed by atoms with Crippen molar-refractivity contribution >= 4 is 5.91 Å². The second-order valence-corrected chi connectivity index (χ2v) is 5.43. The van der Waals surface area contributed by atoms with Crippen LogP contribution in [-0.2, 0) is 9.53 Å². The SMILES string of the molecule is CC1OC(C)C(C(=O)NCCCCCCN)C1C. The molecule has 1 heterocycles. The summed E-state index contributed by atoms with van der Waals surface area (Å²) in [5.41, 5.74) is 5.43. The average Bonchev–Trinajstić information content (AvgIpc) is 2.58. The number of nitrogens with two attached hydrogens (primary N) is 1. The third kappa shape index (κ3) is 4.25. The summed E-state index contributed by atoms with van der Waals surface area (Å²) in [7, 11) is 0. The Morgan fingerprint density at radius 3 is 2.33 bits per heavy atom. The molecule has 1 amide bonds. The van der Waals surface area contributed by atoms with Crippen molar-refractivity contribution in [1.82, 2.24) is 5.32 Å². The maximum absolute atomic E-state index is 12.1. The summed E-state index contributed by atoms with van der Waals surface area (Å²) >= 11 is 0. The van der Waals surface area contributed by atoms with Crippen LogP contribution in [0.5, 0.6) is 0 Å². The predicted octanol–water partition coefficient (Wildman–Crippen LogP) is 1.68. The molecule has 3 N–H and O–H groups in total. The van der Waals surface area contributed by atoms with Gasteiger partial charge < -0.3 is 15.8 Å². The Hall–Kier alpha value is -0.610. The van der Waals surface area contributed by atoms with Gasteiger partial charge in [0.2, 0.25) is 5.91 Å². The normalized spacial score (nSPS) is 31.6. The van der Waals surface area contributed by atoms with Crippen molar-refractivity contribution in [3.05, 3.63) is 0 Å². The van der Waals surface area contributed by atoms with Crippen LogP contribution in [0.25, 0.3) is 0 Å². The molecule has 18 heavy (non-hydrogen) atoms. The quantitative estimate of drug-likeness (QED) is 0.681. The van der Waals surface area contributed by atoms with Crippen molar-refractivity contribution in [3.63, 3.8) is 0 Å². The van der Waals surface area contributed by atoms with Gasteiger partial charge in [-0.3, -0.25) is 4.79 Å². The van der Waals surface area contributed by atoms with E-state index in [9.17, 15) is 4.79 Å². The second-order valence-electron chi connectivity index (χ2n) is 5.43. The maximum atomic E-state index is 12.1. The van der Waals surface area contributed by atoms with Gasteiger partial charge in [0.25, 0.3) is 0 Å². The monoisotopic (exact) mass is 256 g/mol. The maximum Gasteiger partial charge on any atom is 0.226 e. The molecule has 106 valence electrons. The number of carbonyl (C=O) groups excluding carboxylic acids is 1. The Labute approximate surface area is 111 Å². The fourth-order valence-electron chi connectivity index (χ4n) is 2.67. The summed E-state index contributed by atoms with van der Waals surface area (Å²) < 4.78 is 5.69. The van der Waals surface area contributed by atoms with Crippen LogP contribution >= 0.6 is 0 Å². The molecule has 4 nitrogen and oxygen atoms in total. The molecule has 1 rings (SSSR count). The highest BCUT2D eigenvalue weighted by Gasteiger charge is 2.41. The van der Waals surface area contributed by atoms with E-state index in [1.165, 1.54) is 0 Å². The fraction of sp³-hybridized carbons (Fsp3) is 0.929. The molecule has 1 aliphatic rings. The van der Waals surface area contributed by atoms with Crippen LogP contribution in [0, 0.1) is 11.8 Å². The minimum absolute atomic E-state index is 0.00374. The zero-order chi connectivity index (χ0) is 13.5. The van der Waals surface area contributed by atoms with E-state index in [2.05, 4.69) is 12.2 Å². The molecular weight excluding hydrogens is 228 g/mol. The van der Waals surface area contributed by atoms with Gasteiger partial charge in [-0.25, -0.2) is 0 Å². The molecule has 0 spiro atoms. The Kier molecular flexibility index (Phi) is 6.65. The van der Waals surface area contributed by atoms with Crippen LogP contribution in [0.4, 0.5) is 0 Å². The standard InChI is InChI=1S/C14H28N2O2/c1-10-11(2)18-12(3)13(10)14(17)16-9-7-5-4-6-8-15/h10-13H,4-9,15H2,1-3H3,(H,16,17).